The summed E-state index contributed by atoms with van der Waals surface area (Å²) in [6, 6.07) is 0. The highest BCUT2D eigenvalue weighted by atomic mass is 32.1. The van der Waals surface area contributed by atoms with Crippen LogP contribution < -0.4 is 26.6 Å². The molecule has 5 N–H and O–H groups in total. The molecule has 19 heteroatoms. The summed E-state index contributed by atoms with van der Waals surface area (Å²) in [6.07, 6.45) is 0.596. The Morgan fingerprint density at radius 1 is 0.667 bits per heavy atom. The van der Waals surface area contributed by atoms with Gasteiger partial charge in [-0.15, -0.1) is 0 Å². The summed E-state index contributed by atoms with van der Waals surface area (Å²) >= 11 is 4.03. The third-order valence-electron chi connectivity index (χ3n) is 5.66. The molecule has 1 rings (SSSR count). The number of likely N-dealkylation sites (tertiary alicyclic amines) is 1. The van der Waals surface area contributed by atoms with Crippen molar-refractivity contribution in [2.75, 3.05) is 92.1 Å². The van der Waals surface area contributed by atoms with Crippen molar-refractivity contribution in [3.63, 3.8) is 0 Å². The number of carbonyl (C=O) groups is 8. The van der Waals surface area contributed by atoms with Gasteiger partial charge in [0.1, 0.15) is 6.29 Å². The van der Waals surface area contributed by atoms with Crippen molar-refractivity contribution in [3.05, 3.63) is 0 Å². The summed E-state index contributed by atoms with van der Waals surface area (Å²) in [5.41, 5.74) is 0. The highest BCUT2D eigenvalue weighted by molar-refractivity contribution is 7.81. The number of imide groups is 1. The first-order valence-corrected chi connectivity index (χ1v) is 14.8. The molecule has 0 bridgehead atoms. The van der Waals surface area contributed by atoms with Crippen LogP contribution in [0.1, 0.15) is 19.3 Å². The Hall–Kier alpha value is -3.65. The van der Waals surface area contributed by atoms with Gasteiger partial charge < -0.3 is 50.3 Å². The zero-order valence-corrected chi connectivity index (χ0v) is 25.9. The van der Waals surface area contributed by atoms with Crippen LogP contribution >= 0.6 is 12.6 Å². The maximum atomic E-state index is 11.8. The van der Waals surface area contributed by atoms with Gasteiger partial charge in [-0.3, -0.25) is 38.5 Å². The molecule has 18 nitrogen and oxygen atoms in total. The van der Waals surface area contributed by atoms with Crippen molar-refractivity contribution in [2.45, 2.75) is 24.5 Å². The molecule has 0 aromatic heterocycles. The van der Waals surface area contributed by atoms with Gasteiger partial charge in [-0.2, -0.15) is 12.6 Å². The third-order valence-corrected chi connectivity index (χ3v) is 6.07. The molecule has 1 aliphatic heterocycles. The lowest BCUT2D eigenvalue weighted by Crippen LogP contribution is -2.44. The molecular weight excluding hydrogens is 620 g/mol. The lowest BCUT2D eigenvalue weighted by Gasteiger charge is -2.13. The normalized spacial score (nSPS) is 14.2. The van der Waals surface area contributed by atoms with Crippen LogP contribution in [-0.2, 0) is 57.3 Å². The molecule has 1 saturated heterocycles. The van der Waals surface area contributed by atoms with Crippen LogP contribution in [0.4, 0.5) is 0 Å². The fourth-order valence-electron chi connectivity index (χ4n) is 3.36. The summed E-state index contributed by atoms with van der Waals surface area (Å²) in [7, 11) is 0. The molecule has 1 aliphatic rings. The van der Waals surface area contributed by atoms with E-state index in [-0.39, 0.29) is 96.1 Å². The molecule has 0 saturated carbocycles. The Morgan fingerprint density at radius 2 is 1.13 bits per heavy atom. The van der Waals surface area contributed by atoms with Crippen molar-refractivity contribution in [2.24, 2.45) is 0 Å². The fourth-order valence-corrected chi connectivity index (χ4v) is 3.66. The van der Waals surface area contributed by atoms with E-state index in [2.05, 4.69) is 39.2 Å². The number of carbonyl (C=O) groups excluding carboxylic acids is 8. The monoisotopic (exact) mass is 662 g/mol. The molecule has 0 radical (unpaired) electrons. The highest BCUT2D eigenvalue weighted by Gasteiger charge is 2.36. The zero-order chi connectivity index (χ0) is 33.3. The molecule has 1 unspecified atom stereocenters. The first-order chi connectivity index (χ1) is 21.6. The lowest BCUT2D eigenvalue weighted by atomic mass is 10.3. The Bertz CT molecular complexity index is 1000. The summed E-state index contributed by atoms with van der Waals surface area (Å²) in [5, 5.41) is 11.2. The van der Waals surface area contributed by atoms with Gasteiger partial charge in [-0.1, -0.05) is 0 Å². The Balaban J connectivity index is 1.85. The maximum Gasteiger partial charge on any atom is 0.242 e. The highest BCUT2D eigenvalue weighted by Crippen LogP contribution is 2.17. The van der Waals surface area contributed by atoms with E-state index >= 15 is 0 Å². The predicted molar refractivity (Wildman–Crippen MR) is 158 cm³/mol. The van der Waals surface area contributed by atoms with Gasteiger partial charge in [0.15, 0.2) is 0 Å². The van der Waals surface area contributed by atoms with Crippen LogP contribution in [0, 0.1) is 0 Å². The minimum absolute atomic E-state index is 0.0177. The molecule has 254 valence electrons. The van der Waals surface area contributed by atoms with E-state index < -0.39 is 28.9 Å². The summed E-state index contributed by atoms with van der Waals surface area (Å²) in [5.74, 6) is -3.15. The average molecular weight is 663 g/mol. The first-order valence-electron chi connectivity index (χ1n) is 14.2. The Morgan fingerprint density at radius 3 is 1.64 bits per heavy atom. The number of amides is 7. The van der Waals surface area contributed by atoms with E-state index in [1.54, 1.807) is 0 Å². The van der Waals surface area contributed by atoms with Gasteiger partial charge in [0, 0.05) is 32.4 Å². The Kier molecular flexibility index (Phi) is 21.6. The van der Waals surface area contributed by atoms with E-state index in [4.69, 9.17) is 18.9 Å². The smallest absolute Gasteiger partial charge is 0.242 e. The summed E-state index contributed by atoms with van der Waals surface area (Å²) < 4.78 is 21.4. The first kappa shape index (κ1) is 39.4. The number of nitrogens with one attached hydrogen (secondary N) is 5. The van der Waals surface area contributed by atoms with Crippen LogP contribution in [0.5, 0.6) is 0 Å². The van der Waals surface area contributed by atoms with Crippen molar-refractivity contribution in [1.29, 1.82) is 0 Å². The molecule has 1 fully saturated rings. The molecule has 1 atom stereocenters. The molecule has 0 spiro atoms. The maximum absolute atomic E-state index is 11.8. The second kappa shape index (κ2) is 24.6. The minimum atomic E-state index is -0.630. The molecule has 45 heavy (non-hydrogen) atoms. The topological polar surface area (TPSA) is 237 Å². The molecule has 0 aromatic rings. The molecule has 7 amide bonds. The summed E-state index contributed by atoms with van der Waals surface area (Å²) in [6.45, 7) is 1.37. The van der Waals surface area contributed by atoms with E-state index in [1.807, 2.05) is 0 Å². The zero-order valence-electron chi connectivity index (χ0n) is 25.0. The van der Waals surface area contributed by atoms with Crippen molar-refractivity contribution in [1.82, 2.24) is 31.5 Å². The minimum Gasteiger partial charge on any atom is -0.379 e. The van der Waals surface area contributed by atoms with Crippen molar-refractivity contribution < 1.29 is 57.3 Å². The van der Waals surface area contributed by atoms with Crippen LogP contribution in [-0.4, -0.2) is 150 Å². The standard InChI is InChI=1S/C26H42N6O12S/c33-6-3-27-22(36)16-30-24(38)18-31-23(37)17-29-21(35)2-7-41-9-11-43-13-14-44-12-10-42-8-4-28-20(34)1-5-32-25(39)15-19(45)26(32)40/h6,19,45H,1-5,7-18H2,(H,27,36)(H,28,34)(H,29,35)(H,30,38)(H,31,37). The second-order valence-corrected chi connectivity index (χ2v) is 9.83. The number of hydrogen-bond acceptors (Lipinski definition) is 13. The van der Waals surface area contributed by atoms with E-state index in [0.717, 1.165) is 4.90 Å². The quantitative estimate of drug-likeness (QED) is 0.0223. The van der Waals surface area contributed by atoms with Gasteiger partial charge in [0.2, 0.25) is 41.4 Å². The number of ether oxygens (including phenoxy) is 4. The predicted octanol–water partition coefficient (Wildman–Crippen LogP) is -4.33. The van der Waals surface area contributed by atoms with Gasteiger partial charge in [-0.05, 0) is 0 Å². The van der Waals surface area contributed by atoms with E-state index in [1.165, 1.54) is 0 Å². The third kappa shape index (κ3) is 20.1. The van der Waals surface area contributed by atoms with Crippen LogP contribution in [0.25, 0.3) is 0 Å². The SMILES string of the molecule is O=CCNC(=O)CNC(=O)CNC(=O)CNC(=O)CCOCCOCCOCCOCCNC(=O)CCN1C(=O)CC(S)C1=O. The number of aldehydes is 1. The number of rotatable bonds is 26. The van der Waals surface area contributed by atoms with Gasteiger partial charge in [-0.25, -0.2) is 0 Å². The average Bonchev–Trinajstić information content (AvgIpc) is 3.26. The van der Waals surface area contributed by atoms with Crippen LogP contribution in [0.15, 0.2) is 0 Å². The lowest BCUT2D eigenvalue weighted by molar-refractivity contribution is -0.138. The number of thiol groups is 1. The van der Waals surface area contributed by atoms with E-state index in [9.17, 15) is 38.4 Å². The molecular formula is C26H42N6O12S. The van der Waals surface area contributed by atoms with Gasteiger partial charge in [0.05, 0.1) is 84.3 Å². The van der Waals surface area contributed by atoms with Crippen molar-refractivity contribution >= 4 is 60.3 Å². The molecule has 0 aromatic carbocycles. The largest absolute Gasteiger partial charge is 0.379 e. The number of nitrogens with zero attached hydrogens (tertiary/aromatic N) is 1. The second-order valence-electron chi connectivity index (χ2n) is 9.20. The van der Waals surface area contributed by atoms with Crippen LogP contribution in [0.2, 0.25) is 0 Å². The van der Waals surface area contributed by atoms with E-state index in [0.29, 0.717) is 39.3 Å². The van der Waals surface area contributed by atoms with Gasteiger partial charge in [0.25, 0.3) is 0 Å². The summed E-state index contributed by atoms with van der Waals surface area (Å²) in [4.78, 5) is 92.8. The molecule has 1 heterocycles. The van der Waals surface area contributed by atoms with Crippen molar-refractivity contribution in [3.8, 4) is 0 Å². The van der Waals surface area contributed by atoms with Crippen LogP contribution in [0.3, 0.4) is 0 Å². The molecule has 0 aliphatic carbocycles. The fraction of sp³-hybridized carbons (Fsp3) is 0.692. The number of hydrogen-bond donors (Lipinski definition) is 6. The Labute approximate surface area is 265 Å². The van der Waals surface area contributed by atoms with Gasteiger partial charge >= 0.3 is 0 Å².